The molecule has 1 fully saturated rings. The van der Waals surface area contributed by atoms with E-state index in [1.165, 1.54) is 0 Å². The largest absolute Gasteiger partial charge is 0.361 e. The predicted octanol–water partition coefficient (Wildman–Crippen LogP) is 5.60. The second kappa shape index (κ2) is 10.4. The lowest BCUT2D eigenvalue weighted by molar-refractivity contribution is -0.141. The Morgan fingerprint density at radius 3 is 2.47 bits per heavy atom. The second-order valence-corrected chi connectivity index (χ2v) is 9.57. The summed E-state index contributed by atoms with van der Waals surface area (Å²) in [6.07, 6.45) is 2.99. The van der Waals surface area contributed by atoms with E-state index in [-0.39, 0.29) is 23.8 Å². The van der Waals surface area contributed by atoms with Crippen molar-refractivity contribution >= 4 is 23.4 Å². The van der Waals surface area contributed by atoms with Gasteiger partial charge in [-0.1, -0.05) is 73.1 Å². The van der Waals surface area contributed by atoms with E-state index in [4.69, 9.17) is 16.1 Å². The van der Waals surface area contributed by atoms with E-state index in [1.54, 1.807) is 17.2 Å². The summed E-state index contributed by atoms with van der Waals surface area (Å²) in [5.41, 5.74) is 2.98. The summed E-state index contributed by atoms with van der Waals surface area (Å²) in [7, 11) is 0. The molecule has 3 aromatic rings. The van der Waals surface area contributed by atoms with Crippen LogP contribution in [0.4, 0.5) is 0 Å². The van der Waals surface area contributed by atoms with Gasteiger partial charge in [-0.3, -0.25) is 9.59 Å². The Balaban J connectivity index is 1.44. The average Bonchev–Trinajstić information content (AvgIpc) is 3.52. The van der Waals surface area contributed by atoms with Crippen LogP contribution in [0, 0.1) is 5.92 Å². The molecule has 1 N–H and O–H groups in total. The van der Waals surface area contributed by atoms with Crippen LogP contribution in [0.25, 0.3) is 11.1 Å². The summed E-state index contributed by atoms with van der Waals surface area (Å²) in [4.78, 5) is 28.3. The van der Waals surface area contributed by atoms with E-state index in [0.717, 1.165) is 23.1 Å². The highest BCUT2D eigenvalue weighted by Gasteiger charge is 2.40. The fourth-order valence-corrected chi connectivity index (χ4v) is 4.89. The van der Waals surface area contributed by atoms with Crippen LogP contribution in [0.3, 0.4) is 0 Å². The highest BCUT2D eigenvalue weighted by atomic mass is 35.5. The SMILES string of the molecule is CC(NC(=O)C1CCCN1C(=O)C(c1ccno1)C(C)C)c1ccc(-c2ccccc2Cl)cc1. The van der Waals surface area contributed by atoms with Gasteiger partial charge in [-0.05, 0) is 42.9 Å². The molecule has 1 aliphatic rings. The molecule has 178 valence electrons. The molecule has 0 spiro atoms. The first kappa shape index (κ1) is 24.0. The molecule has 7 heteroatoms. The molecule has 6 nitrogen and oxygen atoms in total. The lowest BCUT2D eigenvalue weighted by Gasteiger charge is -2.29. The number of hydrogen-bond donors (Lipinski definition) is 1. The molecule has 1 aliphatic heterocycles. The van der Waals surface area contributed by atoms with Crippen LogP contribution in [0.15, 0.2) is 65.3 Å². The minimum atomic E-state index is -0.485. The number of nitrogens with one attached hydrogen (secondary N) is 1. The van der Waals surface area contributed by atoms with E-state index in [0.29, 0.717) is 23.7 Å². The number of nitrogens with zero attached hydrogens (tertiary/aromatic N) is 2. The number of benzene rings is 2. The molecule has 2 aromatic carbocycles. The van der Waals surface area contributed by atoms with Crippen molar-refractivity contribution in [3.63, 3.8) is 0 Å². The van der Waals surface area contributed by atoms with E-state index in [2.05, 4.69) is 10.5 Å². The number of halogens is 1. The number of amides is 2. The molecule has 34 heavy (non-hydrogen) atoms. The molecular formula is C27H30ClN3O3. The summed E-state index contributed by atoms with van der Waals surface area (Å²) in [6, 6.07) is 16.8. The van der Waals surface area contributed by atoms with E-state index >= 15 is 0 Å². The van der Waals surface area contributed by atoms with Gasteiger partial charge in [-0.2, -0.15) is 0 Å². The van der Waals surface area contributed by atoms with E-state index < -0.39 is 12.0 Å². The van der Waals surface area contributed by atoms with Crippen LogP contribution in [-0.4, -0.2) is 34.5 Å². The van der Waals surface area contributed by atoms with Crippen molar-refractivity contribution in [2.24, 2.45) is 5.92 Å². The van der Waals surface area contributed by atoms with Crippen molar-refractivity contribution < 1.29 is 14.1 Å². The van der Waals surface area contributed by atoms with Crippen LogP contribution in [0.5, 0.6) is 0 Å². The van der Waals surface area contributed by atoms with Gasteiger partial charge in [0.25, 0.3) is 0 Å². The van der Waals surface area contributed by atoms with Gasteiger partial charge >= 0.3 is 0 Å². The van der Waals surface area contributed by atoms with Gasteiger partial charge in [0, 0.05) is 23.2 Å². The Labute approximate surface area is 205 Å². The Morgan fingerprint density at radius 1 is 1.09 bits per heavy atom. The van der Waals surface area contributed by atoms with Gasteiger partial charge in [0.2, 0.25) is 11.8 Å². The third-order valence-electron chi connectivity index (χ3n) is 6.49. The molecule has 0 saturated carbocycles. The zero-order valence-electron chi connectivity index (χ0n) is 19.7. The smallest absolute Gasteiger partial charge is 0.243 e. The topological polar surface area (TPSA) is 75.4 Å². The van der Waals surface area contributed by atoms with Crippen LogP contribution in [-0.2, 0) is 9.59 Å². The summed E-state index contributed by atoms with van der Waals surface area (Å²) < 4.78 is 5.30. The van der Waals surface area contributed by atoms with E-state index in [9.17, 15) is 9.59 Å². The maximum absolute atomic E-state index is 13.4. The van der Waals surface area contributed by atoms with Crippen molar-refractivity contribution in [3.05, 3.63) is 77.1 Å². The summed E-state index contributed by atoms with van der Waals surface area (Å²) in [5.74, 6) is -0.0983. The van der Waals surface area contributed by atoms with Crippen LogP contribution in [0.1, 0.15) is 56.9 Å². The van der Waals surface area contributed by atoms with Gasteiger partial charge in [0.05, 0.1) is 12.2 Å². The minimum Gasteiger partial charge on any atom is -0.361 e. The first-order chi connectivity index (χ1) is 16.4. The van der Waals surface area contributed by atoms with Gasteiger partial charge in [0.15, 0.2) is 0 Å². The molecule has 3 atom stereocenters. The van der Waals surface area contributed by atoms with Gasteiger partial charge < -0.3 is 14.7 Å². The van der Waals surface area contributed by atoms with Gasteiger partial charge in [-0.25, -0.2) is 0 Å². The van der Waals surface area contributed by atoms with Gasteiger partial charge in [0.1, 0.15) is 17.7 Å². The number of aromatic nitrogens is 1. The first-order valence-corrected chi connectivity index (χ1v) is 12.1. The number of carbonyl (C=O) groups is 2. The van der Waals surface area contributed by atoms with Crippen LogP contribution >= 0.6 is 11.6 Å². The van der Waals surface area contributed by atoms with Crippen molar-refractivity contribution in [1.82, 2.24) is 15.4 Å². The fourth-order valence-electron chi connectivity index (χ4n) is 4.64. The number of carbonyl (C=O) groups excluding carboxylic acids is 2. The van der Waals surface area contributed by atoms with E-state index in [1.807, 2.05) is 69.3 Å². The number of likely N-dealkylation sites (tertiary alicyclic amines) is 1. The maximum Gasteiger partial charge on any atom is 0.243 e. The molecule has 4 rings (SSSR count). The van der Waals surface area contributed by atoms with Crippen molar-refractivity contribution in [1.29, 1.82) is 0 Å². The fraction of sp³-hybridized carbons (Fsp3) is 0.370. The van der Waals surface area contributed by atoms with Crippen LogP contribution in [0.2, 0.25) is 5.02 Å². The normalized spacial score (nSPS) is 17.6. The maximum atomic E-state index is 13.4. The molecule has 2 amide bonds. The molecule has 0 radical (unpaired) electrons. The predicted molar refractivity (Wildman–Crippen MR) is 132 cm³/mol. The first-order valence-electron chi connectivity index (χ1n) is 11.7. The third-order valence-corrected chi connectivity index (χ3v) is 6.82. The van der Waals surface area contributed by atoms with Crippen LogP contribution < -0.4 is 5.32 Å². The monoisotopic (exact) mass is 479 g/mol. The summed E-state index contributed by atoms with van der Waals surface area (Å²) in [6.45, 7) is 6.47. The Kier molecular flexibility index (Phi) is 7.37. The second-order valence-electron chi connectivity index (χ2n) is 9.16. The van der Waals surface area contributed by atoms with Crippen molar-refractivity contribution in [2.45, 2.75) is 51.6 Å². The highest BCUT2D eigenvalue weighted by Crippen LogP contribution is 2.31. The Bertz CT molecular complexity index is 1130. The number of hydrogen-bond acceptors (Lipinski definition) is 4. The lowest BCUT2D eigenvalue weighted by atomic mass is 9.91. The molecule has 2 heterocycles. The zero-order valence-corrected chi connectivity index (χ0v) is 20.5. The Morgan fingerprint density at radius 2 is 1.82 bits per heavy atom. The third kappa shape index (κ3) is 5.02. The highest BCUT2D eigenvalue weighted by molar-refractivity contribution is 6.33. The molecule has 3 unspecified atom stereocenters. The quantitative estimate of drug-likeness (QED) is 0.478. The molecule has 1 saturated heterocycles. The molecule has 0 aliphatic carbocycles. The van der Waals surface area contributed by atoms with Gasteiger partial charge in [-0.15, -0.1) is 0 Å². The van der Waals surface area contributed by atoms with Crippen molar-refractivity contribution in [2.75, 3.05) is 6.54 Å². The zero-order chi connectivity index (χ0) is 24.2. The molecule has 1 aromatic heterocycles. The minimum absolute atomic E-state index is 0.0281. The average molecular weight is 480 g/mol. The summed E-state index contributed by atoms with van der Waals surface area (Å²) >= 11 is 6.32. The molecular weight excluding hydrogens is 450 g/mol. The van der Waals surface area contributed by atoms with Crippen molar-refractivity contribution in [3.8, 4) is 11.1 Å². The lowest BCUT2D eigenvalue weighted by Crippen LogP contribution is -2.48. The Hall–Kier alpha value is -3.12. The summed E-state index contributed by atoms with van der Waals surface area (Å²) in [5, 5.41) is 7.56. The standard InChI is InChI=1S/C27H30ClN3O3/c1-17(2)25(24-14-15-29-34-24)27(33)31-16-6-9-23(31)26(32)30-18(3)19-10-12-20(13-11-19)21-7-4-5-8-22(21)28/h4-5,7-8,10-15,17-18,23,25H,6,9,16H2,1-3H3,(H,30,32). The number of rotatable bonds is 7. The molecule has 0 bridgehead atoms.